The Balaban J connectivity index is 4.57. The molecule has 0 aliphatic heterocycles. The quantitative estimate of drug-likeness (QED) is 0.775. The Bertz CT molecular complexity index is 354. The summed E-state index contributed by atoms with van der Waals surface area (Å²) in [5.41, 5.74) is 0. The van der Waals surface area contributed by atoms with Crippen LogP contribution in [0.3, 0.4) is 0 Å². The van der Waals surface area contributed by atoms with Gasteiger partial charge in [0.05, 0.1) is 17.0 Å². The highest BCUT2D eigenvalue weighted by molar-refractivity contribution is 7.92. The van der Waals surface area contributed by atoms with E-state index in [0.29, 0.717) is 0 Å². The van der Waals surface area contributed by atoms with E-state index in [1.165, 1.54) is 0 Å². The van der Waals surface area contributed by atoms with Crippen LogP contribution >= 0.6 is 0 Å². The number of nitrogens with zero attached hydrogens (tertiary/aromatic N) is 1. The zero-order valence-corrected chi connectivity index (χ0v) is 12.0. The lowest BCUT2D eigenvalue weighted by Crippen LogP contribution is -2.41. The molecule has 0 aromatic rings. The Hall–Kier alpha value is -0.620. The molecule has 0 amide bonds. The number of hydrogen-bond acceptors (Lipinski definition) is 4. The van der Waals surface area contributed by atoms with Crippen molar-refractivity contribution in [3.05, 3.63) is 0 Å². The third-order valence-corrected chi connectivity index (χ3v) is 5.23. The fraction of sp³-hybridized carbons (Fsp3) is 0.909. The van der Waals surface area contributed by atoms with Gasteiger partial charge in [-0.25, -0.2) is 8.42 Å². The summed E-state index contributed by atoms with van der Waals surface area (Å²) in [5.74, 6) is -0.950. The van der Waals surface area contributed by atoms with Gasteiger partial charge in [0.25, 0.3) is 0 Å². The number of hydrogen-bond donors (Lipinski definition) is 1. The van der Waals surface area contributed by atoms with Gasteiger partial charge in [0.15, 0.2) is 9.84 Å². The molecule has 0 aromatic heterocycles. The summed E-state index contributed by atoms with van der Waals surface area (Å²) in [6, 6.07) is 0.0151. The number of aliphatic carboxylic acids is 1. The van der Waals surface area contributed by atoms with Crippen LogP contribution in [0.15, 0.2) is 0 Å². The van der Waals surface area contributed by atoms with Crippen LogP contribution in [0.2, 0.25) is 0 Å². The Morgan fingerprint density at radius 3 is 2.06 bits per heavy atom. The minimum absolute atomic E-state index is 0.0119. The summed E-state index contributed by atoms with van der Waals surface area (Å²) < 4.78 is 23.0. The maximum Gasteiger partial charge on any atom is 0.317 e. The van der Waals surface area contributed by atoms with E-state index >= 15 is 0 Å². The van der Waals surface area contributed by atoms with E-state index < -0.39 is 20.6 Å². The van der Waals surface area contributed by atoms with Gasteiger partial charge in [-0.15, -0.1) is 0 Å². The molecule has 0 saturated heterocycles. The first-order chi connectivity index (χ1) is 7.47. The van der Waals surface area contributed by atoms with Crippen molar-refractivity contribution in [2.45, 2.75) is 45.4 Å². The van der Waals surface area contributed by atoms with Gasteiger partial charge in [0, 0.05) is 12.6 Å². The fourth-order valence-corrected chi connectivity index (χ4v) is 2.32. The van der Waals surface area contributed by atoms with E-state index in [1.54, 1.807) is 25.7 Å². The van der Waals surface area contributed by atoms with Crippen molar-refractivity contribution in [2.75, 3.05) is 18.8 Å². The molecule has 0 aromatic carbocycles. The molecule has 0 fully saturated rings. The summed E-state index contributed by atoms with van der Waals surface area (Å²) in [6.07, 6.45) is 0. The summed E-state index contributed by atoms with van der Waals surface area (Å²) in [4.78, 5) is 12.3. The van der Waals surface area contributed by atoms with Crippen LogP contribution < -0.4 is 0 Å². The fourth-order valence-electron chi connectivity index (χ4n) is 1.24. The maximum absolute atomic E-state index is 11.9. The van der Waals surface area contributed by atoms with Crippen LogP contribution in [0.25, 0.3) is 0 Å². The number of rotatable bonds is 6. The van der Waals surface area contributed by atoms with Crippen LogP contribution in [-0.4, -0.2) is 54.0 Å². The van der Waals surface area contributed by atoms with Gasteiger partial charge in [-0.05, 0) is 34.6 Å². The predicted molar refractivity (Wildman–Crippen MR) is 67.9 cm³/mol. The maximum atomic E-state index is 11.9. The molecular formula is C11H23NO4S. The molecule has 0 saturated carbocycles. The van der Waals surface area contributed by atoms with Crippen LogP contribution in [-0.2, 0) is 14.6 Å². The molecule has 102 valence electrons. The molecule has 0 bridgehead atoms. The van der Waals surface area contributed by atoms with Gasteiger partial charge in [-0.1, -0.05) is 0 Å². The summed E-state index contributed by atoms with van der Waals surface area (Å²) in [6.45, 7) is 8.79. The van der Waals surface area contributed by atoms with Gasteiger partial charge in [0.2, 0.25) is 0 Å². The molecule has 0 heterocycles. The van der Waals surface area contributed by atoms with Crippen molar-refractivity contribution in [1.82, 2.24) is 4.90 Å². The van der Waals surface area contributed by atoms with Crippen molar-refractivity contribution < 1.29 is 18.3 Å². The standard InChI is InChI=1S/C11H23NO4S/c1-9(2)12(8-10(13)14)6-7-17(15,16)11(3,4)5/h9H,6-8H2,1-5H3,(H,13,14). The molecule has 0 aliphatic rings. The lowest BCUT2D eigenvalue weighted by Gasteiger charge is -2.26. The van der Waals surface area contributed by atoms with Crippen molar-refractivity contribution in [1.29, 1.82) is 0 Å². The average Bonchev–Trinajstić information content (AvgIpc) is 2.09. The molecule has 0 atom stereocenters. The molecule has 6 heteroatoms. The van der Waals surface area contributed by atoms with Gasteiger partial charge >= 0.3 is 5.97 Å². The minimum Gasteiger partial charge on any atom is -0.480 e. The minimum atomic E-state index is -3.20. The Labute approximate surface area is 104 Å². The molecule has 0 spiro atoms. The number of sulfone groups is 1. The van der Waals surface area contributed by atoms with Gasteiger partial charge < -0.3 is 5.11 Å². The van der Waals surface area contributed by atoms with Crippen molar-refractivity contribution >= 4 is 15.8 Å². The topological polar surface area (TPSA) is 74.7 Å². The van der Waals surface area contributed by atoms with Crippen molar-refractivity contribution in [3.8, 4) is 0 Å². The molecule has 0 aliphatic carbocycles. The number of carboxylic acid groups (broad SMARTS) is 1. The zero-order chi connectivity index (χ0) is 13.9. The Morgan fingerprint density at radius 2 is 1.76 bits per heavy atom. The first kappa shape index (κ1) is 16.4. The normalized spacial score (nSPS) is 13.4. The first-order valence-electron chi connectivity index (χ1n) is 5.65. The molecule has 5 nitrogen and oxygen atoms in total. The van der Waals surface area contributed by atoms with Crippen molar-refractivity contribution in [3.63, 3.8) is 0 Å². The summed E-state index contributed by atoms with van der Waals surface area (Å²) in [7, 11) is -3.20. The molecule has 0 unspecified atom stereocenters. The monoisotopic (exact) mass is 265 g/mol. The molecule has 0 radical (unpaired) electrons. The predicted octanol–water partition coefficient (Wildman–Crippen LogP) is 0.995. The zero-order valence-electron chi connectivity index (χ0n) is 11.2. The van der Waals surface area contributed by atoms with E-state index in [2.05, 4.69) is 0 Å². The number of carboxylic acids is 1. The van der Waals surface area contributed by atoms with E-state index in [-0.39, 0.29) is 24.9 Å². The molecule has 1 N–H and O–H groups in total. The third kappa shape index (κ3) is 5.50. The second-order valence-electron chi connectivity index (χ2n) is 5.39. The first-order valence-corrected chi connectivity index (χ1v) is 7.31. The number of carbonyl (C=O) groups is 1. The second kappa shape index (κ2) is 5.82. The Kier molecular flexibility index (Phi) is 5.61. The highest BCUT2D eigenvalue weighted by Crippen LogP contribution is 2.16. The van der Waals surface area contributed by atoms with Crippen LogP contribution in [0.5, 0.6) is 0 Å². The lowest BCUT2D eigenvalue weighted by molar-refractivity contribution is -0.138. The molecule has 0 rings (SSSR count). The third-order valence-electron chi connectivity index (χ3n) is 2.65. The molecule has 17 heavy (non-hydrogen) atoms. The van der Waals surface area contributed by atoms with E-state index in [9.17, 15) is 13.2 Å². The van der Waals surface area contributed by atoms with Gasteiger partial charge in [-0.3, -0.25) is 9.69 Å². The smallest absolute Gasteiger partial charge is 0.317 e. The SMILES string of the molecule is CC(C)N(CCS(=O)(=O)C(C)(C)C)CC(=O)O. The lowest BCUT2D eigenvalue weighted by atomic mass is 10.3. The van der Waals surface area contributed by atoms with Crippen LogP contribution in [0.1, 0.15) is 34.6 Å². The van der Waals surface area contributed by atoms with Crippen LogP contribution in [0, 0.1) is 0 Å². The molecular weight excluding hydrogens is 242 g/mol. The average molecular weight is 265 g/mol. The highest BCUT2D eigenvalue weighted by atomic mass is 32.2. The van der Waals surface area contributed by atoms with Crippen molar-refractivity contribution in [2.24, 2.45) is 0 Å². The van der Waals surface area contributed by atoms with Gasteiger partial charge in [0.1, 0.15) is 0 Å². The highest BCUT2D eigenvalue weighted by Gasteiger charge is 2.29. The van der Waals surface area contributed by atoms with Crippen LogP contribution in [0.4, 0.5) is 0 Å². The summed E-state index contributed by atoms with van der Waals surface area (Å²) in [5, 5.41) is 8.73. The van der Waals surface area contributed by atoms with E-state index in [4.69, 9.17) is 5.11 Å². The largest absolute Gasteiger partial charge is 0.480 e. The summed E-state index contributed by atoms with van der Waals surface area (Å²) >= 11 is 0. The van der Waals surface area contributed by atoms with E-state index in [0.717, 1.165) is 0 Å². The van der Waals surface area contributed by atoms with Gasteiger partial charge in [-0.2, -0.15) is 0 Å². The second-order valence-corrected chi connectivity index (χ2v) is 8.25. The van der Waals surface area contributed by atoms with E-state index in [1.807, 2.05) is 13.8 Å². The Morgan fingerprint density at radius 1 is 1.29 bits per heavy atom.